The Balaban J connectivity index is 1.70. The number of H-pyrrole nitrogens is 1. The Hall–Kier alpha value is -3.31. The van der Waals surface area contributed by atoms with Gasteiger partial charge in [-0.2, -0.15) is 0 Å². The molecule has 134 valence electrons. The Bertz CT molecular complexity index is 1100. The SMILES string of the molecule is COc1ccc(-c2nc3ccccc3[nH]2)cc1NC(=O)c1ccccc1Cl. The van der Waals surface area contributed by atoms with Gasteiger partial charge in [-0.3, -0.25) is 4.79 Å². The fourth-order valence-corrected chi connectivity index (χ4v) is 3.10. The van der Waals surface area contributed by atoms with Gasteiger partial charge in [-0.15, -0.1) is 0 Å². The minimum Gasteiger partial charge on any atom is -0.495 e. The zero-order valence-corrected chi connectivity index (χ0v) is 15.2. The molecule has 0 unspecified atom stereocenters. The summed E-state index contributed by atoms with van der Waals surface area (Å²) in [7, 11) is 1.56. The summed E-state index contributed by atoms with van der Waals surface area (Å²) < 4.78 is 5.38. The molecule has 6 heteroatoms. The number of imidazole rings is 1. The third-order valence-electron chi connectivity index (χ3n) is 4.23. The van der Waals surface area contributed by atoms with Gasteiger partial charge in [0.25, 0.3) is 5.91 Å². The molecule has 1 aromatic heterocycles. The van der Waals surface area contributed by atoms with Gasteiger partial charge in [0, 0.05) is 5.56 Å². The van der Waals surface area contributed by atoms with E-state index in [1.54, 1.807) is 37.4 Å². The minimum atomic E-state index is -0.305. The van der Waals surface area contributed by atoms with E-state index < -0.39 is 0 Å². The highest BCUT2D eigenvalue weighted by molar-refractivity contribution is 6.34. The van der Waals surface area contributed by atoms with Crippen molar-refractivity contribution in [1.29, 1.82) is 0 Å². The van der Waals surface area contributed by atoms with Crippen molar-refractivity contribution >= 4 is 34.2 Å². The van der Waals surface area contributed by atoms with Crippen molar-refractivity contribution in [2.45, 2.75) is 0 Å². The van der Waals surface area contributed by atoms with Crippen molar-refractivity contribution in [3.05, 3.63) is 77.3 Å². The second-order valence-electron chi connectivity index (χ2n) is 5.95. The van der Waals surface area contributed by atoms with Crippen molar-refractivity contribution in [1.82, 2.24) is 9.97 Å². The topological polar surface area (TPSA) is 67.0 Å². The molecule has 0 saturated carbocycles. The second kappa shape index (κ2) is 7.13. The quantitative estimate of drug-likeness (QED) is 0.517. The first-order valence-electron chi connectivity index (χ1n) is 8.35. The average molecular weight is 378 g/mol. The smallest absolute Gasteiger partial charge is 0.257 e. The van der Waals surface area contributed by atoms with Crippen LogP contribution in [0, 0.1) is 0 Å². The first-order valence-corrected chi connectivity index (χ1v) is 8.72. The Morgan fingerprint density at radius 1 is 1.07 bits per heavy atom. The van der Waals surface area contributed by atoms with E-state index in [1.165, 1.54) is 0 Å². The number of rotatable bonds is 4. The molecule has 4 rings (SSSR count). The second-order valence-corrected chi connectivity index (χ2v) is 6.36. The van der Waals surface area contributed by atoms with Crippen molar-refractivity contribution in [2.24, 2.45) is 0 Å². The van der Waals surface area contributed by atoms with Crippen LogP contribution in [0.3, 0.4) is 0 Å². The van der Waals surface area contributed by atoms with Crippen LogP contribution in [0.1, 0.15) is 10.4 Å². The first-order chi connectivity index (χ1) is 13.2. The van der Waals surface area contributed by atoms with Crippen molar-refractivity contribution in [3.8, 4) is 17.1 Å². The number of fused-ring (bicyclic) bond motifs is 1. The van der Waals surface area contributed by atoms with Gasteiger partial charge in [0.05, 0.1) is 34.4 Å². The summed E-state index contributed by atoms with van der Waals surface area (Å²) in [4.78, 5) is 20.5. The number of methoxy groups -OCH3 is 1. The third-order valence-corrected chi connectivity index (χ3v) is 4.56. The van der Waals surface area contributed by atoms with Crippen molar-refractivity contribution in [2.75, 3.05) is 12.4 Å². The molecule has 0 bridgehead atoms. The Morgan fingerprint density at radius 2 is 1.85 bits per heavy atom. The van der Waals surface area contributed by atoms with Crippen LogP contribution in [0.25, 0.3) is 22.4 Å². The lowest BCUT2D eigenvalue weighted by molar-refractivity contribution is 0.102. The van der Waals surface area contributed by atoms with Gasteiger partial charge in [-0.05, 0) is 42.5 Å². The van der Waals surface area contributed by atoms with Crippen LogP contribution in [-0.2, 0) is 0 Å². The lowest BCUT2D eigenvalue weighted by Crippen LogP contribution is -2.13. The molecule has 0 spiro atoms. The largest absolute Gasteiger partial charge is 0.495 e. The highest BCUT2D eigenvalue weighted by Gasteiger charge is 2.14. The molecular weight excluding hydrogens is 362 g/mol. The number of benzene rings is 3. The molecule has 3 aromatic carbocycles. The lowest BCUT2D eigenvalue weighted by Gasteiger charge is -2.12. The van der Waals surface area contributed by atoms with E-state index in [9.17, 15) is 4.79 Å². The van der Waals surface area contributed by atoms with Gasteiger partial charge in [0.2, 0.25) is 0 Å². The van der Waals surface area contributed by atoms with Crippen LogP contribution < -0.4 is 10.1 Å². The van der Waals surface area contributed by atoms with Crippen molar-refractivity contribution in [3.63, 3.8) is 0 Å². The van der Waals surface area contributed by atoms with Crippen LogP contribution in [0.15, 0.2) is 66.7 Å². The van der Waals surface area contributed by atoms with E-state index in [0.717, 1.165) is 16.6 Å². The lowest BCUT2D eigenvalue weighted by atomic mass is 10.1. The number of hydrogen-bond donors (Lipinski definition) is 2. The number of carbonyl (C=O) groups excluding carboxylic acids is 1. The van der Waals surface area contributed by atoms with Gasteiger partial charge in [-0.25, -0.2) is 4.98 Å². The van der Waals surface area contributed by atoms with E-state index in [2.05, 4.69) is 15.3 Å². The van der Waals surface area contributed by atoms with Crippen LogP contribution in [0.5, 0.6) is 5.75 Å². The fraction of sp³-hybridized carbons (Fsp3) is 0.0476. The summed E-state index contributed by atoms with van der Waals surface area (Å²) in [6.45, 7) is 0. The van der Waals surface area contributed by atoms with Gasteiger partial charge < -0.3 is 15.0 Å². The van der Waals surface area contributed by atoms with Gasteiger partial charge in [0.1, 0.15) is 11.6 Å². The molecule has 0 aliphatic carbocycles. The van der Waals surface area contributed by atoms with Crippen LogP contribution in [0.4, 0.5) is 5.69 Å². The highest BCUT2D eigenvalue weighted by atomic mass is 35.5. The summed E-state index contributed by atoms with van der Waals surface area (Å²) in [6.07, 6.45) is 0. The first kappa shape index (κ1) is 17.1. The zero-order valence-electron chi connectivity index (χ0n) is 14.5. The zero-order chi connectivity index (χ0) is 18.8. The number of carbonyl (C=O) groups is 1. The van der Waals surface area contributed by atoms with E-state index in [-0.39, 0.29) is 5.91 Å². The predicted molar refractivity (Wildman–Crippen MR) is 107 cm³/mol. The molecule has 0 saturated heterocycles. The van der Waals surface area contributed by atoms with Crippen molar-refractivity contribution < 1.29 is 9.53 Å². The Morgan fingerprint density at radius 3 is 2.63 bits per heavy atom. The molecule has 1 amide bonds. The normalized spacial score (nSPS) is 10.7. The maximum Gasteiger partial charge on any atom is 0.257 e. The third kappa shape index (κ3) is 3.37. The monoisotopic (exact) mass is 377 g/mol. The van der Waals surface area contributed by atoms with E-state index in [0.29, 0.717) is 27.8 Å². The molecular formula is C21H16ClN3O2. The molecule has 0 aliphatic heterocycles. The minimum absolute atomic E-state index is 0.305. The molecule has 0 radical (unpaired) electrons. The van der Waals surface area contributed by atoms with E-state index in [1.807, 2.05) is 36.4 Å². The summed E-state index contributed by atoms with van der Waals surface area (Å²) in [5.74, 6) is 0.961. The molecule has 0 fully saturated rings. The standard InChI is InChI=1S/C21H16ClN3O2/c1-27-19-11-10-13(20-23-16-8-4-5-9-17(16)24-20)12-18(19)25-21(26)14-6-2-3-7-15(14)22/h2-12H,1H3,(H,23,24)(H,25,26). The summed E-state index contributed by atoms with van der Waals surface area (Å²) in [5, 5.41) is 3.26. The molecule has 0 atom stereocenters. The summed E-state index contributed by atoms with van der Waals surface area (Å²) in [5.41, 5.74) is 3.60. The van der Waals surface area contributed by atoms with Gasteiger partial charge >= 0.3 is 0 Å². The highest BCUT2D eigenvalue weighted by Crippen LogP contribution is 2.31. The number of nitrogens with zero attached hydrogens (tertiary/aromatic N) is 1. The number of nitrogens with one attached hydrogen (secondary N) is 2. The Kier molecular flexibility index (Phi) is 4.52. The van der Waals surface area contributed by atoms with Crippen LogP contribution in [0.2, 0.25) is 5.02 Å². The molecule has 2 N–H and O–H groups in total. The van der Waals surface area contributed by atoms with Gasteiger partial charge in [-0.1, -0.05) is 35.9 Å². The number of anilines is 1. The fourth-order valence-electron chi connectivity index (χ4n) is 2.88. The van der Waals surface area contributed by atoms with E-state index in [4.69, 9.17) is 16.3 Å². The maximum absolute atomic E-state index is 12.6. The number of halogens is 1. The molecule has 0 aliphatic rings. The number of aromatic nitrogens is 2. The van der Waals surface area contributed by atoms with E-state index >= 15 is 0 Å². The number of aromatic amines is 1. The molecule has 1 heterocycles. The average Bonchev–Trinajstić information content (AvgIpc) is 3.12. The van der Waals surface area contributed by atoms with Crippen LogP contribution in [-0.4, -0.2) is 23.0 Å². The predicted octanol–water partition coefficient (Wildman–Crippen LogP) is 5.14. The van der Waals surface area contributed by atoms with Gasteiger partial charge in [0.15, 0.2) is 0 Å². The Labute approximate surface area is 161 Å². The number of ether oxygens (including phenoxy) is 1. The molecule has 4 aromatic rings. The molecule has 27 heavy (non-hydrogen) atoms. The number of hydrogen-bond acceptors (Lipinski definition) is 3. The summed E-state index contributed by atoms with van der Waals surface area (Å²) >= 11 is 6.12. The number of amides is 1. The maximum atomic E-state index is 12.6. The molecule has 5 nitrogen and oxygen atoms in total. The summed E-state index contributed by atoms with van der Waals surface area (Å²) in [6, 6.07) is 20.2. The van der Waals surface area contributed by atoms with Crippen LogP contribution >= 0.6 is 11.6 Å². The number of para-hydroxylation sites is 2.